The molecule has 2 rings (SSSR count). The molecule has 0 aliphatic rings. The van der Waals surface area contributed by atoms with E-state index in [1.165, 1.54) is 4.68 Å². The summed E-state index contributed by atoms with van der Waals surface area (Å²) in [7, 11) is 0. The van der Waals surface area contributed by atoms with Crippen molar-refractivity contribution in [3.63, 3.8) is 0 Å². The van der Waals surface area contributed by atoms with Gasteiger partial charge in [0.05, 0.1) is 5.69 Å². The molecule has 2 N–H and O–H groups in total. The molecule has 1 heterocycles. The van der Waals surface area contributed by atoms with Gasteiger partial charge >= 0.3 is 5.69 Å². The first-order valence-electron chi connectivity index (χ1n) is 4.16. The number of hydrogen-bond donors (Lipinski definition) is 2. The molecule has 0 aliphatic heterocycles. The predicted octanol–water partition coefficient (Wildman–Crippen LogP) is 0.0529. The smallest absolute Gasteiger partial charge is 0.348 e. The van der Waals surface area contributed by atoms with Crippen LogP contribution in [0.4, 0.5) is 0 Å². The monoisotopic (exact) mass is 191 g/mol. The Labute approximate surface area is 79.6 Å². The van der Waals surface area contributed by atoms with Gasteiger partial charge in [0, 0.05) is 0 Å². The molecule has 5 heteroatoms. The van der Waals surface area contributed by atoms with E-state index in [2.05, 4.69) is 10.1 Å². The molecule has 0 fully saturated rings. The third-order valence-electron chi connectivity index (χ3n) is 1.81. The molecule has 0 atom stereocenters. The second-order valence-corrected chi connectivity index (χ2v) is 2.78. The van der Waals surface area contributed by atoms with Crippen LogP contribution in [-0.2, 0) is 6.61 Å². The lowest BCUT2D eigenvalue weighted by Crippen LogP contribution is -2.15. The molecule has 0 unspecified atom stereocenters. The summed E-state index contributed by atoms with van der Waals surface area (Å²) in [5.41, 5.74) is 0.328. The summed E-state index contributed by atoms with van der Waals surface area (Å²) in [6, 6.07) is 9.02. The molecule has 0 amide bonds. The number of aliphatic hydroxyl groups excluding tert-OH is 1. The third-order valence-corrected chi connectivity index (χ3v) is 1.81. The fourth-order valence-corrected chi connectivity index (χ4v) is 1.18. The van der Waals surface area contributed by atoms with Gasteiger partial charge in [0.25, 0.3) is 0 Å². The number of aliphatic hydroxyl groups is 1. The van der Waals surface area contributed by atoms with Gasteiger partial charge in [-0.1, -0.05) is 18.2 Å². The zero-order valence-electron chi connectivity index (χ0n) is 7.34. The molecule has 14 heavy (non-hydrogen) atoms. The summed E-state index contributed by atoms with van der Waals surface area (Å²) in [5.74, 6) is 0.263. The zero-order valence-corrected chi connectivity index (χ0v) is 7.34. The van der Waals surface area contributed by atoms with Crippen LogP contribution < -0.4 is 5.69 Å². The van der Waals surface area contributed by atoms with Crippen molar-refractivity contribution >= 4 is 0 Å². The Morgan fingerprint density at radius 2 is 2.07 bits per heavy atom. The second kappa shape index (κ2) is 3.47. The summed E-state index contributed by atoms with van der Waals surface area (Å²) in [6.45, 7) is -0.269. The van der Waals surface area contributed by atoms with Gasteiger partial charge in [-0.15, -0.1) is 5.10 Å². The molecule has 5 nitrogen and oxygen atoms in total. The van der Waals surface area contributed by atoms with Crippen molar-refractivity contribution < 1.29 is 5.11 Å². The van der Waals surface area contributed by atoms with Gasteiger partial charge in [-0.25, -0.2) is 4.79 Å². The molecule has 2 aromatic rings. The molecule has 1 aromatic carbocycles. The molecular weight excluding hydrogens is 182 g/mol. The maximum Gasteiger partial charge on any atom is 0.348 e. The summed E-state index contributed by atoms with van der Waals surface area (Å²) >= 11 is 0. The van der Waals surface area contributed by atoms with Gasteiger partial charge in [0.2, 0.25) is 0 Å². The van der Waals surface area contributed by atoms with E-state index in [-0.39, 0.29) is 18.1 Å². The topological polar surface area (TPSA) is 70.9 Å². The Bertz CT molecular complexity index is 472. The van der Waals surface area contributed by atoms with Crippen LogP contribution in [0.25, 0.3) is 5.69 Å². The van der Waals surface area contributed by atoms with Crippen molar-refractivity contribution in [1.82, 2.24) is 14.8 Å². The van der Waals surface area contributed by atoms with Crippen molar-refractivity contribution in [3.05, 3.63) is 46.6 Å². The number of benzene rings is 1. The predicted molar refractivity (Wildman–Crippen MR) is 50.1 cm³/mol. The van der Waals surface area contributed by atoms with E-state index in [1.807, 2.05) is 18.2 Å². The number of rotatable bonds is 2. The molecule has 0 bridgehead atoms. The van der Waals surface area contributed by atoms with Crippen LogP contribution in [0.15, 0.2) is 35.1 Å². The number of nitrogens with one attached hydrogen (secondary N) is 1. The average molecular weight is 191 g/mol. The minimum absolute atomic E-state index is 0.263. The largest absolute Gasteiger partial charge is 0.388 e. The molecular formula is C9H9N3O2. The zero-order chi connectivity index (χ0) is 9.97. The van der Waals surface area contributed by atoms with Crippen molar-refractivity contribution in [2.24, 2.45) is 0 Å². The molecule has 0 saturated carbocycles. The summed E-state index contributed by atoms with van der Waals surface area (Å²) < 4.78 is 1.21. The number of hydrogen-bond acceptors (Lipinski definition) is 3. The van der Waals surface area contributed by atoms with Gasteiger partial charge < -0.3 is 5.11 Å². The second-order valence-electron chi connectivity index (χ2n) is 2.78. The third kappa shape index (κ3) is 1.45. The minimum atomic E-state index is -0.347. The fraction of sp³-hybridized carbons (Fsp3) is 0.111. The Hall–Kier alpha value is -1.88. The van der Waals surface area contributed by atoms with Gasteiger partial charge in [-0.2, -0.15) is 4.68 Å². The normalized spacial score (nSPS) is 10.4. The lowest BCUT2D eigenvalue weighted by molar-refractivity contribution is 0.271. The molecule has 0 spiro atoms. The Morgan fingerprint density at radius 3 is 2.64 bits per heavy atom. The van der Waals surface area contributed by atoms with Gasteiger partial charge in [0.1, 0.15) is 6.61 Å². The Balaban J connectivity index is 2.52. The number of aromatic nitrogens is 3. The fourth-order valence-electron chi connectivity index (χ4n) is 1.18. The van der Waals surface area contributed by atoms with Gasteiger partial charge in [-0.3, -0.25) is 4.98 Å². The standard InChI is InChI=1S/C9H9N3O2/c13-6-8-10-9(14)12(11-8)7-4-2-1-3-5-7/h1-5,13H,6H2,(H,10,11,14). The van der Waals surface area contributed by atoms with Crippen LogP contribution in [0.5, 0.6) is 0 Å². The van der Waals surface area contributed by atoms with Crippen LogP contribution >= 0.6 is 0 Å². The van der Waals surface area contributed by atoms with Crippen molar-refractivity contribution in [1.29, 1.82) is 0 Å². The maximum atomic E-state index is 11.3. The minimum Gasteiger partial charge on any atom is -0.388 e. The van der Waals surface area contributed by atoms with Crippen LogP contribution in [0, 0.1) is 0 Å². The van der Waals surface area contributed by atoms with Crippen molar-refractivity contribution in [3.8, 4) is 5.69 Å². The number of nitrogens with zero attached hydrogens (tertiary/aromatic N) is 2. The highest BCUT2D eigenvalue weighted by molar-refractivity contribution is 5.29. The molecule has 0 aliphatic carbocycles. The van der Waals surface area contributed by atoms with Crippen molar-refractivity contribution in [2.45, 2.75) is 6.61 Å². The summed E-state index contributed by atoms with van der Waals surface area (Å²) in [5, 5.41) is 12.7. The van der Waals surface area contributed by atoms with E-state index in [0.717, 1.165) is 0 Å². The van der Waals surface area contributed by atoms with E-state index >= 15 is 0 Å². The van der Waals surface area contributed by atoms with E-state index in [4.69, 9.17) is 5.11 Å². The SMILES string of the molecule is O=c1[nH]c(CO)nn1-c1ccccc1. The highest BCUT2D eigenvalue weighted by Gasteiger charge is 2.04. The van der Waals surface area contributed by atoms with Gasteiger partial charge in [0.15, 0.2) is 5.82 Å². The van der Waals surface area contributed by atoms with E-state index < -0.39 is 0 Å². The molecule has 0 saturated heterocycles. The van der Waals surface area contributed by atoms with Crippen molar-refractivity contribution in [2.75, 3.05) is 0 Å². The first-order chi connectivity index (χ1) is 6.81. The van der Waals surface area contributed by atoms with E-state index in [9.17, 15) is 4.79 Å². The first kappa shape index (κ1) is 8.71. The molecule has 72 valence electrons. The van der Waals surface area contributed by atoms with E-state index in [0.29, 0.717) is 5.69 Å². The highest BCUT2D eigenvalue weighted by Crippen LogP contribution is 2.01. The Morgan fingerprint density at radius 1 is 1.36 bits per heavy atom. The van der Waals surface area contributed by atoms with Crippen LogP contribution in [0.1, 0.15) is 5.82 Å². The quantitative estimate of drug-likeness (QED) is 0.704. The molecule has 0 radical (unpaired) electrons. The van der Waals surface area contributed by atoms with Gasteiger partial charge in [-0.05, 0) is 12.1 Å². The Kier molecular flexibility index (Phi) is 2.16. The number of H-pyrrole nitrogens is 1. The maximum absolute atomic E-state index is 11.3. The van der Waals surface area contributed by atoms with E-state index in [1.54, 1.807) is 12.1 Å². The highest BCUT2D eigenvalue weighted by atomic mass is 16.3. The molecule has 1 aromatic heterocycles. The van der Waals surface area contributed by atoms with Crippen LogP contribution in [-0.4, -0.2) is 19.9 Å². The first-order valence-corrected chi connectivity index (χ1v) is 4.16. The van der Waals surface area contributed by atoms with Crippen LogP contribution in [0.3, 0.4) is 0 Å². The number of para-hydroxylation sites is 1. The summed E-state index contributed by atoms with van der Waals surface area (Å²) in [6.07, 6.45) is 0. The number of aromatic amines is 1. The lowest BCUT2D eigenvalue weighted by atomic mass is 10.3. The average Bonchev–Trinajstić information content (AvgIpc) is 2.61. The van der Waals surface area contributed by atoms with Crippen LogP contribution in [0.2, 0.25) is 0 Å². The lowest BCUT2D eigenvalue weighted by Gasteiger charge is -1.96. The summed E-state index contributed by atoms with van der Waals surface area (Å²) in [4.78, 5) is 13.8.